The number of nitrogens with one attached hydrogen (secondary N) is 5. The quantitative estimate of drug-likeness (QED) is 0.0477. The van der Waals surface area contributed by atoms with Crippen LogP contribution in [-0.4, -0.2) is 152 Å². The van der Waals surface area contributed by atoms with Gasteiger partial charge in [0.25, 0.3) is 5.56 Å². The molecule has 88 heavy (non-hydrogen) atoms. The summed E-state index contributed by atoms with van der Waals surface area (Å²) in [5.74, 6) is -0.359. The molecule has 6 aromatic heterocycles. The van der Waals surface area contributed by atoms with E-state index in [1.165, 1.54) is 15.6 Å². The number of carbonyl (C=O) groups excluding carboxylic acids is 2. The van der Waals surface area contributed by atoms with Crippen LogP contribution in [0.15, 0.2) is 78.1 Å². The Bertz CT molecular complexity index is 4470. The third kappa shape index (κ3) is 9.58. The first kappa shape index (κ1) is 55.7. The first-order chi connectivity index (χ1) is 42.8. The Kier molecular flexibility index (Phi) is 14.0. The summed E-state index contributed by atoms with van der Waals surface area (Å²) in [6.07, 6.45) is 9.95. The number of amides is 2. The highest BCUT2D eigenvalue weighted by atomic mass is 19.1. The number of H-pyrrole nitrogens is 3. The molecule has 6 atom stereocenters. The van der Waals surface area contributed by atoms with Crippen LogP contribution < -0.4 is 30.6 Å². The van der Waals surface area contributed by atoms with Crippen molar-refractivity contribution in [3.8, 4) is 34.1 Å². The Labute approximate surface area is 502 Å². The molecule has 4 aliphatic heterocycles. The van der Waals surface area contributed by atoms with E-state index in [1.54, 1.807) is 31.7 Å². The lowest BCUT2D eigenvalue weighted by molar-refractivity contribution is -0.142. The summed E-state index contributed by atoms with van der Waals surface area (Å²) in [6.45, 7) is 10.4. The number of nitrogens with zero attached hydrogens (tertiary/aromatic N) is 10. The molecule has 24 heteroatoms. The summed E-state index contributed by atoms with van der Waals surface area (Å²) >= 11 is 0. The minimum Gasteiger partial charge on any atom is -0.486 e. The minimum atomic E-state index is -1.09. The summed E-state index contributed by atoms with van der Waals surface area (Å²) in [7, 11) is 0. The van der Waals surface area contributed by atoms with E-state index >= 15 is 4.39 Å². The van der Waals surface area contributed by atoms with Crippen molar-refractivity contribution in [2.75, 3.05) is 44.4 Å². The largest absolute Gasteiger partial charge is 0.486 e. The van der Waals surface area contributed by atoms with E-state index in [1.807, 2.05) is 61.9 Å². The minimum absolute atomic E-state index is 0.0214. The van der Waals surface area contributed by atoms with Gasteiger partial charge in [0.15, 0.2) is 11.3 Å². The fourth-order valence-corrected chi connectivity index (χ4v) is 14.2. The molecule has 5 fully saturated rings. The fraction of sp³-hybridized carbons (Fsp3) is 0.422. The summed E-state index contributed by atoms with van der Waals surface area (Å²) < 4.78 is 39.2. The summed E-state index contributed by atoms with van der Waals surface area (Å²) in [5.41, 5.74) is 7.82. The molecule has 2 bridgehead atoms. The highest BCUT2D eigenvalue weighted by molar-refractivity contribution is 6.07. The van der Waals surface area contributed by atoms with E-state index in [-0.39, 0.29) is 60.9 Å². The number of aryl methyl sites for hydroxylation is 1. The Balaban J connectivity index is 0.758. The van der Waals surface area contributed by atoms with Crippen molar-refractivity contribution in [2.45, 2.75) is 128 Å². The molecule has 10 heterocycles. The number of rotatable bonds is 17. The van der Waals surface area contributed by atoms with E-state index in [2.05, 4.69) is 52.1 Å². The van der Waals surface area contributed by atoms with Crippen LogP contribution in [0, 0.1) is 18.7 Å². The summed E-state index contributed by atoms with van der Waals surface area (Å²) in [5, 5.41) is 55.9. The second-order valence-corrected chi connectivity index (χ2v) is 24.7. The van der Waals surface area contributed by atoms with Crippen molar-refractivity contribution in [2.24, 2.45) is 5.92 Å². The average Bonchev–Trinajstić information content (AvgIpc) is 1.43. The Morgan fingerprint density at radius 1 is 0.909 bits per heavy atom. The maximum atomic E-state index is 16.3. The molecule has 4 saturated heterocycles. The number of carbonyl (C=O) groups is 2. The van der Waals surface area contributed by atoms with Gasteiger partial charge in [0.05, 0.1) is 61.1 Å². The number of aromatic amines is 3. The lowest BCUT2D eigenvalue weighted by Crippen LogP contribution is -2.50. The molecule has 1 saturated carbocycles. The first-order valence-corrected chi connectivity index (χ1v) is 30.6. The third-order valence-corrected chi connectivity index (χ3v) is 18.7. The van der Waals surface area contributed by atoms with Gasteiger partial charge < -0.3 is 49.8 Å². The molecular formula is C64H68FN15O8. The normalized spacial score (nSPS) is 20.5. The topological polar surface area (TPSA) is 284 Å². The van der Waals surface area contributed by atoms with Crippen LogP contribution in [0.2, 0.25) is 0 Å². The van der Waals surface area contributed by atoms with E-state index in [4.69, 9.17) is 29.3 Å². The molecule has 5 aliphatic rings. The maximum absolute atomic E-state index is 16.3. The number of piperazine rings is 1. The second-order valence-electron chi connectivity index (χ2n) is 24.7. The van der Waals surface area contributed by atoms with E-state index < -0.39 is 48.2 Å². The smallest absolute Gasteiger partial charge is 0.319 e. The van der Waals surface area contributed by atoms with E-state index in [0.29, 0.717) is 99.5 Å². The van der Waals surface area contributed by atoms with Gasteiger partial charge in [-0.05, 0) is 85.9 Å². The predicted octanol–water partition coefficient (Wildman–Crippen LogP) is 7.14. The molecule has 0 radical (unpaired) electrons. The van der Waals surface area contributed by atoms with Crippen LogP contribution in [-0.2, 0) is 27.5 Å². The molecule has 10 aromatic rings. The molecular weight excluding hydrogens is 1130 g/mol. The zero-order valence-corrected chi connectivity index (χ0v) is 49.2. The van der Waals surface area contributed by atoms with Gasteiger partial charge in [0, 0.05) is 125 Å². The van der Waals surface area contributed by atoms with Gasteiger partial charge in [0.1, 0.15) is 41.9 Å². The van der Waals surface area contributed by atoms with E-state index in [9.17, 15) is 24.6 Å². The van der Waals surface area contributed by atoms with Crippen LogP contribution >= 0.6 is 0 Å². The number of benzene rings is 4. The van der Waals surface area contributed by atoms with Gasteiger partial charge >= 0.3 is 6.01 Å². The van der Waals surface area contributed by atoms with Crippen LogP contribution in [0.4, 0.5) is 10.2 Å². The molecule has 0 unspecified atom stereocenters. The summed E-state index contributed by atoms with van der Waals surface area (Å²) in [6, 6.07) is 12.8. The highest BCUT2D eigenvalue weighted by Gasteiger charge is 2.44. The molecule has 1 aliphatic carbocycles. The van der Waals surface area contributed by atoms with Crippen LogP contribution in [0.3, 0.4) is 0 Å². The number of aromatic nitrogens is 11. The van der Waals surface area contributed by atoms with Gasteiger partial charge in [0.2, 0.25) is 11.8 Å². The molecule has 454 valence electrons. The molecule has 23 nitrogen and oxygen atoms in total. The first-order valence-electron chi connectivity index (χ1n) is 30.6. The Morgan fingerprint density at radius 3 is 2.51 bits per heavy atom. The standard InChI is InChI=1S/C64H68FN15O8/c1-5-79-51(12-15-69-79)40-10-11-41(55-44(40)24-68-75-55)50(29-81)71-61(83)52-20-37(82)27-78(52)63(85)58(31(2)3)80-28-46-39-9-6-33(18-48(39)70-62(84)57(46)76-80)30-87-59-54(53-32(4)47(65)22-49-45(53)25-67-74-49)42(34-7-8-34)21-43-56(59)72-64(88-38-13-16-86-17-14-38)73-60(43)77-26-35-19-36(77)23-66-35/h6,9-12,15,18,21-22,24-25,28,31,34-38,50,52,58,66,81-82H,5,7-8,13-14,16-17,19-20,23,26-27,29-30H2,1-4H3,(H,67,74)(H,68,75)(H,70,84)(H,71,83)/t35-,36-,37+,50-,52-,58-/m0/s1. The van der Waals surface area contributed by atoms with Crippen molar-refractivity contribution in [3.05, 3.63) is 112 Å². The zero-order valence-electron chi connectivity index (χ0n) is 49.2. The number of hydrogen-bond acceptors (Lipinski definition) is 16. The Hall–Kier alpha value is -8.84. The number of likely N-dealkylation sites (tertiary alicyclic amines) is 1. The number of aliphatic hydroxyl groups is 2. The lowest BCUT2D eigenvalue weighted by Gasteiger charge is -2.31. The average molecular weight is 1190 g/mol. The van der Waals surface area contributed by atoms with Gasteiger partial charge in [-0.25, -0.2) is 4.39 Å². The van der Waals surface area contributed by atoms with Gasteiger partial charge in [-0.2, -0.15) is 30.4 Å². The lowest BCUT2D eigenvalue weighted by atomic mass is 9.88. The zero-order chi connectivity index (χ0) is 60.2. The van der Waals surface area contributed by atoms with Crippen molar-refractivity contribution >= 4 is 72.1 Å². The molecule has 15 rings (SSSR count). The van der Waals surface area contributed by atoms with Crippen molar-refractivity contribution < 1.29 is 38.4 Å². The number of aliphatic hydroxyl groups excluding tert-OH is 2. The Morgan fingerprint density at radius 2 is 1.74 bits per heavy atom. The van der Waals surface area contributed by atoms with Crippen LogP contribution in [0.5, 0.6) is 11.8 Å². The fourth-order valence-electron chi connectivity index (χ4n) is 14.2. The number of fused-ring (bicyclic) bond motifs is 8. The third-order valence-electron chi connectivity index (χ3n) is 18.7. The van der Waals surface area contributed by atoms with Gasteiger partial charge in [-0.3, -0.25) is 33.9 Å². The number of hydrogen-bond donors (Lipinski definition) is 7. The van der Waals surface area contributed by atoms with Gasteiger partial charge in [-0.15, -0.1) is 0 Å². The van der Waals surface area contributed by atoms with Crippen molar-refractivity contribution in [1.82, 2.24) is 70.4 Å². The molecule has 2 amide bonds. The molecule has 0 spiro atoms. The van der Waals surface area contributed by atoms with Crippen molar-refractivity contribution in [3.63, 3.8) is 0 Å². The second kappa shape index (κ2) is 22.1. The molecule has 7 N–H and O–H groups in total. The van der Waals surface area contributed by atoms with Crippen LogP contribution in [0.1, 0.15) is 99.6 Å². The maximum Gasteiger partial charge on any atom is 0.319 e. The van der Waals surface area contributed by atoms with Crippen molar-refractivity contribution in [1.29, 1.82) is 0 Å². The SMILES string of the molecule is CCn1nccc1-c1ccc([C@H](CO)NC(=O)[C@@H]2C[C@@H](O)CN2C(=O)[C@H](C(C)C)n2cc3c(n2)c(=O)[nH]c2cc(COc4c(-c5c(C)c(F)cc6[nH]ncc56)c(C5CC5)cc5c(N6C[C@@H]7C[C@H]6CN7)nc(OC6CCOCC6)nc45)ccc23)c2[nH]ncc12. The predicted molar refractivity (Wildman–Crippen MR) is 326 cm³/mol. The monoisotopic (exact) mass is 1190 g/mol. The number of halogens is 1. The van der Waals surface area contributed by atoms with Crippen LogP contribution in [0.25, 0.3) is 76.9 Å². The van der Waals surface area contributed by atoms with Gasteiger partial charge in [-0.1, -0.05) is 38.1 Å². The number of ether oxygens (including phenoxy) is 3. The number of pyridine rings is 1. The van der Waals surface area contributed by atoms with E-state index in [0.717, 1.165) is 76.7 Å². The number of β-amino-alcohol motifs (C(OH)–C–C–N with tert-alkyl or cyclic N) is 1. The highest BCUT2D eigenvalue weighted by Crippen LogP contribution is 2.54. The number of anilines is 1. The summed E-state index contributed by atoms with van der Waals surface area (Å²) in [4.78, 5) is 60.9. The molecule has 4 aromatic carbocycles.